The van der Waals surface area contributed by atoms with E-state index in [9.17, 15) is 14.5 Å². The quantitative estimate of drug-likeness (QED) is 0.412. The molecule has 0 unspecified atom stereocenters. The lowest BCUT2D eigenvalue weighted by Gasteiger charge is -2.22. The first-order valence-corrected chi connectivity index (χ1v) is 9.86. The van der Waals surface area contributed by atoms with Crippen LogP contribution in [-0.2, 0) is 0 Å². The lowest BCUT2D eigenvalue weighted by atomic mass is 10.2. The van der Waals surface area contributed by atoms with E-state index in [0.29, 0.717) is 30.3 Å². The van der Waals surface area contributed by atoms with Crippen molar-refractivity contribution >= 4 is 22.9 Å². The minimum Gasteiger partial charge on any atom is -0.370 e. The Morgan fingerprint density at radius 1 is 1.23 bits per heavy atom. The number of hydrogen-bond donors (Lipinski definition) is 1. The Hall–Kier alpha value is -3.49. The topological polar surface area (TPSA) is 89.1 Å². The van der Waals surface area contributed by atoms with Crippen molar-refractivity contribution in [1.29, 1.82) is 0 Å². The third-order valence-corrected chi connectivity index (χ3v) is 4.80. The Bertz CT molecular complexity index is 1050. The second-order valence-electron chi connectivity index (χ2n) is 7.07. The molecule has 9 heteroatoms. The molecule has 0 fully saturated rings. The van der Waals surface area contributed by atoms with Gasteiger partial charge in [0.05, 0.1) is 10.6 Å². The number of rotatable bonds is 8. The van der Waals surface area contributed by atoms with Gasteiger partial charge in [0.15, 0.2) is 0 Å². The Balaban J connectivity index is 1.99. The van der Waals surface area contributed by atoms with Crippen molar-refractivity contribution in [3.8, 4) is 5.82 Å². The first-order chi connectivity index (χ1) is 14.3. The minimum absolute atomic E-state index is 0.0379. The molecule has 0 aliphatic heterocycles. The van der Waals surface area contributed by atoms with Gasteiger partial charge in [-0.2, -0.15) is 0 Å². The van der Waals surface area contributed by atoms with Crippen molar-refractivity contribution in [3.05, 3.63) is 64.5 Å². The number of benzene rings is 1. The summed E-state index contributed by atoms with van der Waals surface area (Å²) < 4.78 is 16.4. The van der Waals surface area contributed by atoms with Crippen LogP contribution < -0.4 is 10.2 Å². The van der Waals surface area contributed by atoms with Gasteiger partial charge in [0, 0.05) is 43.2 Å². The molecule has 2 heterocycles. The number of pyridine rings is 1. The molecule has 0 radical (unpaired) electrons. The van der Waals surface area contributed by atoms with E-state index in [4.69, 9.17) is 0 Å². The second kappa shape index (κ2) is 8.89. The van der Waals surface area contributed by atoms with Gasteiger partial charge in [-0.25, -0.2) is 14.4 Å². The van der Waals surface area contributed by atoms with E-state index >= 15 is 0 Å². The van der Waals surface area contributed by atoms with Crippen LogP contribution in [0, 0.1) is 15.9 Å². The molecule has 158 valence electrons. The van der Waals surface area contributed by atoms with Crippen LogP contribution in [0.2, 0.25) is 0 Å². The summed E-state index contributed by atoms with van der Waals surface area (Å²) in [6.07, 6.45) is 3.42. The van der Waals surface area contributed by atoms with Crippen molar-refractivity contribution in [3.63, 3.8) is 0 Å². The van der Waals surface area contributed by atoms with Crippen LogP contribution in [0.1, 0.15) is 39.4 Å². The zero-order valence-corrected chi connectivity index (χ0v) is 17.5. The van der Waals surface area contributed by atoms with E-state index in [1.807, 2.05) is 32.6 Å². The zero-order valence-electron chi connectivity index (χ0n) is 17.5. The smallest absolute Gasteiger partial charge is 0.311 e. The number of hydrogen-bond acceptors (Lipinski definition) is 6. The van der Waals surface area contributed by atoms with Crippen molar-refractivity contribution in [2.24, 2.45) is 0 Å². The fraction of sp³-hybridized carbons (Fsp3) is 0.333. The molecule has 0 saturated carbocycles. The van der Waals surface area contributed by atoms with Gasteiger partial charge in [-0.15, -0.1) is 0 Å². The SMILES string of the molecule is CCN(CC)c1ccc(Nc2nc(-n3ccnc3C(C)C)ccc2[N+](=O)[O-])cc1F. The Morgan fingerprint density at radius 2 is 1.97 bits per heavy atom. The van der Waals surface area contributed by atoms with Gasteiger partial charge < -0.3 is 10.2 Å². The molecular weight excluding hydrogens is 387 g/mol. The van der Waals surface area contributed by atoms with E-state index in [2.05, 4.69) is 15.3 Å². The highest BCUT2D eigenvalue weighted by molar-refractivity contribution is 5.68. The average molecular weight is 412 g/mol. The summed E-state index contributed by atoms with van der Waals surface area (Å²) in [4.78, 5) is 21.6. The summed E-state index contributed by atoms with van der Waals surface area (Å²) in [5.74, 6) is 1.06. The van der Waals surface area contributed by atoms with Gasteiger partial charge in [-0.1, -0.05) is 13.8 Å². The van der Waals surface area contributed by atoms with Crippen LogP contribution in [0.15, 0.2) is 42.7 Å². The Kier molecular flexibility index (Phi) is 6.29. The molecule has 0 aliphatic rings. The molecule has 3 rings (SSSR count). The van der Waals surface area contributed by atoms with E-state index in [1.54, 1.807) is 35.2 Å². The van der Waals surface area contributed by atoms with Crippen LogP contribution in [0.25, 0.3) is 5.82 Å². The summed E-state index contributed by atoms with van der Waals surface area (Å²) in [5.41, 5.74) is 0.672. The molecule has 0 spiro atoms. The lowest BCUT2D eigenvalue weighted by molar-refractivity contribution is -0.384. The number of anilines is 3. The Morgan fingerprint density at radius 3 is 2.57 bits per heavy atom. The molecule has 0 bridgehead atoms. The maximum Gasteiger partial charge on any atom is 0.311 e. The molecule has 0 atom stereocenters. The van der Waals surface area contributed by atoms with Crippen LogP contribution in [-0.4, -0.2) is 32.5 Å². The molecule has 1 aromatic carbocycles. The van der Waals surface area contributed by atoms with Gasteiger partial charge in [0.25, 0.3) is 0 Å². The molecule has 0 amide bonds. The van der Waals surface area contributed by atoms with Gasteiger partial charge in [-0.3, -0.25) is 14.7 Å². The van der Waals surface area contributed by atoms with E-state index in [1.165, 1.54) is 12.1 Å². The molecule has 1 N–H and O–H groups in total. The van der Waals surface area contributed by atoms with Crippen molar-refractivity contribution in [2.75, 3.05) is 23.3 Å². The predicted octanol–water partition coefficient (Wildman–Crippen LogP) is 5.03. The monoisotopic (exact) mass is 412 g/mol. The van der Waals surface area contributed by atoms with Crippen LogP contribution in [0.4, 0.5) is 27.3 Å². The average Bonchev–Trinajstić information content (AvgIpc) is 3.20. The number of imidazole rings is 1. The highest BCUT2D eigenvalue weighted by Gasteiger charge is 2.19. The molecule has 30 heavy (non-hydrogen) atoms. The zero-order chi connectivity index (χ0) is 21.8. The summed E-state index contributed by atoms with van der Waals surface area (Å²) in [6, 6.07) is 7.62. The van der Waals surface area contributed by atoms with Gasteiger partial charge in [0.2, 0.25) is 5.82 Å². The summed E-state index contributed by atoms with van der Waals surface area (Å²) >= 11 is 0. The molecule has 3 aromatic rings. The van der Waals surface area contributed by atoms with Gasteiger partial charge >= 0.3 is 5.69 Å². The van der Waals surface area contributed by atoms with Crippen molar-refractivity contribution in [2.45, 2.75) is 33.6 Å². The third kappa shape index (κ3) is 4.24. The largest absolute Gasteiger partial charge is 0.370 e. The first kappa shape index (κ1) is 21.2. The summed E-state index contributed by atoms with van der Waals surface area (Å²) in [6.45, 7) is 9.27. The fourth-order valence-corrected chi connectivity index (χ4v) is 3.29. The Labute approximate surface area is 174 Å². The predicted molar refractivity (Wildman–Crippen MR) is 115 cm³/mol. The standard InChI is InChI=1S/C21H25FN6O2/c1-5-26(6-2)17-8-7-15(13-16(17)22)24-20-18(28(29)30)9-10-19(25-20)27-12-11-23-21(27)14(3)4/h7-14H,5-6H2,1-4H3,(H,24,25). The highest BCUT2D eigenvalue weighted by atomic mass is 19.1. The number of aromatic nitrogens is 3. The van der Waals surface area contributed by atoms with Crippen molar-refractivity contribution < 1.29 is 9.31 Å². The number of nitro groups is 1. The highest BCUT2D eigenvalue weighted by Crippen LogP contribution is 2.30. The molecular formula is C21H25FN6O2. The minimum atomic E-state index is -0.517. The van der Waals surface area contributed by atoms with E-state index < -0.39 is 10.7 Å². The maximum atomic E-state index is 14.6. The molecule has 0 aliphatic carbocycles. The van der Waals surface area contributed by atoms with E-state index in [0.717, 1.165) is 5.82 Å². The van der Waals surface area contributed by atoms with Gasteiger partial charge in [-0.05, 0) is 38.1 Å². The number of halogens is 1. The van der Waals surface area contributed by atoms with Crippen LogP contribution in [0.5, 0.6) is 0 Å². The van der Waals surface area contributed by atoms with Crippen molar-refractivity contribution in [1.82, 2.24) is 14.5 Å². The fourth-order valence-electron chi connectivity index (χ4n) is 3.29. The van der Waals surface area contributed by atoms with Crippen LogP contribution >= 0.6 is 0 Å². The molecule has 8 nitrogen and oxygen atoms in total. The molecule has 2 aromatic heterocycles. The second-order valence-corrected chi connectivity index (χ2v) is 7.07. The number of nitrogens with one attached hydrogen (secondary N) is 1. The first-order valence-electron chi connectivity index (χ1n) is 9.86. The third-order valence-electron chi connectivity index (χ3n) is 4.80. The van der Waals surface area contributed by atoms with Crippen LogP contribution in [0.3, 0.4) is 0 Å². The maximum absolute atomic E-state index is 14.6. The van der Waals surface area contributed by atoms with E-state index in [-0.39, 0.29) is 17.4 Å². The normalized spacial score (nSPS) is 11.0. The molecule has 0 saturated heterocycles. The lowest BCUT2D eigenvalue weighted by Crippen LogP contribution is -2.22. The number of nitrogens with zero attached hydrogens (tertiary/aromatic N) is 5. The summed E-state index contributed by atoms with van der Waals surface area (Å²) in [5, 5.41) is 14.4. The van der Waals surface area contributed by atoms with Gasteiger partial charge in [0.1, 0.15) is 17.5 Å². The summed E-state index contributed by atoms with van der Waals surface area (Å²) in [7, 11) is 0.